The molecule has 29 heavy (non-hydrogen) atoms. The van der Waals surface area contributed by atoms with Crippen LogP contribution in [0.3, 0.4) is 0 Å². The molecule has 0 aromatic heterocycles. The number of carbonyl (C=O) groups excluding carboxylic acids is 2. The normalized spacial score (nSPS) is 15.3. The van der Waals surface area contributed by atoms with E-state index in [1.807, 2.05) is 61.5 Å². The van der Waals surface area contributed by atoms with E-state index < -0.39 is 12.2 Å². The van der Waals surface area contributed by atoms with E-state index in [1.165, 1.54) is 4.90 Å². The van der Waals surface area contributed by atoms with Crippen molar-refractivity contribution in [3.8, 4) is 0 Å². The molecule has 0 bridgehead atoms. The molecule has 6 heteroatoms. The fourth-order valence-electron chi connectivity index (χ4n) is 3.28. The van der Waals surface area contributed by atoms with E-state index in [9.17, 15) is 9.59 Å². The Bertz CT molecular complexity index is 1030. The van der Waals surface area contributed by atoms with Crippen molar-refractivity contribution in [1.29, 1.82) is 0 Å². The second kappa shape index (κ2) is 7.67. The van der Waals surface area contributed by atoms with Gasteiger partial charge in [-0.3, -0.25) is 4.90 Å². The number of rotatable bonds is 3. The summed E-state index contributed by atoms with van der Waals surface area (Å²) in [5.74, 6) is -0.453. The molecule has 0 aliphatic carbocycles. The maximum atomic E-state index is 13.2. The van der Waals surface area contributed by atoms with Crippen LogP contribution in [0.15, 0.2) is 78.9 Å². The van der Waals surface area contributed by atoms with Gasteiger partial charge in [-0.05, 0) is 36.4 Å². The Morgan fingerprint density at radius 2 is 1.59 bits per heavy atom. The molecule has 3 aromatic rings. The average molecular weight is 387 g/mol. The Morgan fingerprint density at radius 1 is 0.931 bits per heavy atom. The third-order valence-electron chi connectivity index (χ3n) is 4.78. The van der Waals surface area contributed by atoms with Gasteiger partial charge >= 0.3 is 12.0 Å². The van der Waals surface area contributed by atoms with Crippen molar-refractivity contribution in [2.24, 2.45) is 0 Å². The van der Waals surface area contributed by atoms with Crippen molar-refractivity contribution < 1.29 is 14.3 Å². The molecule has 0 saturated carbocycles. The number of hydrogen-bond acceptors (Lipinski definition) is 4. The van der Waals surface area contributed by atoms with Gasteiger partial charge in [-0.2, -0.15) is 0 Å². The molecule has 0 fully saturated rings. The number of anilines is 3. The van der Waals surface area contributed by atoms with Crippen LogP contribution in [0.1, 0.15) is 22.1 Å². The molecule has 0 unspecified atom stereocenters. The summed E-state index contributed by atoms with van der Waals surface area (Å²) in [7, 11) is 3.90. The Labute approximate surface area is 169 Å². The number of nitrogens with zero attached hydrogens (tertiary/aromatic N) is 2. The first kappa shape index (κ1) is 18.6. The largest absolute Gasteiger partial charge is 0.433 e. The van der Waals surface area contributed by atoms with Gasteiger partial charge in [0.25, 0.3) is 0 Å². The van der Waals surface area contributed by atoms with Crippen LogP contribution >= 0.6 is 0 Å². The van der Waals surface area contributed by atoms with E-state index >= 15 is 0 Å². The topological polar surface area (TPSA) is 61.9 Å². The maximum absolute atomic E-state index is 13.2. The number of carbonyl (C=O) groups is 2. The number of esters is 1. The van der Waals surface area contributed by atoms with Gasteiger partial charge in [0.15, 0.2) is 0 Å². The molecule has 1 aliphatic rings. The van der Waals surface area contributed by atoms with Crippen LogP contribution < -0.4 is 15.1 Å². The zero-order valence-electron chi connectivity index (χ0n) is 16.2. The number of ether oxygens (including phenoxy) is 1. The van der Waals surface area contributed by atoms with Gasteiger partial charge in [0, 0.05) is 31.0 Å². The fourth-order valence-corrected chi connectivity index (χ4v) is 3.28. The van der Waals surface area contributed by atoms with Gasteiger partial charge in [-0.25, -0.2) is 9.59 Å². The first-order chi connectivity index (χ1) is 14.0. The summed E-state index contributed by atoms with van der Waals surface area (Å²) in [5.41, 5.74) is 3.25. The molecule has 1 heterocycles. The maximum Gasteiger partial charge on any atom is 0.342 e. The van der Waals surface area contributed by atoms with Crippen LogP contribution in [0.2, 0.25) is 0 Å². The molecule has 0 spiro atoms. The first-order valence-corrected chi connectivity index (χ1v) is 9.27. The van der Waals surface area contributed by atoms with Gasteiger partial charge in [-0.1, -0.05) is 42.5 Å². The van der Waals surface area contributed by atoms with Crippen molar-refractivity contribution in [2.75, 3.05) is 29.2 Å². The van der Waals surface area contributed by atoms with Crippen molar-refractivity contribution in [3.05, 3.63) is 90.0 Å². The number of nitrogens with one attached hydrogen (secondary N) is 1. The van der Waals surface area contributed by atoms with Crippen LogP contribution in [0.5, 0.6) is 0 Å². The molecule has 146 valence electrons. The summed E-state index contributed by atoms with van der Waals surface area (Å²) in [6.45, 7) is 0. The van der Waals surface area contributed by atoms with Gasteiger partial charge in [0.05, 0.1) is 11.3 Å². The molecule has 0 radical (unpaired) electrons. The van der Waals surface area contributed by atoms with Crippen molar-refractivity contribution in [3.63, 3.8) is 0 Å². The number of fused-ring (bicyclic) bond motifs is 1. The van der Waals surface area contributed by atoms with Crippen LogP contribution in [-0.2, 0) is 4.74 Å². The predicted molar refractivity (Wildman–Crippen MR) is 113 cm³/mol. The van der Waals surface area contributed by atoms with E-state index in [0.717, 1.165) is 5.69 Å². The molecule has 1 aliphatic heterocycles. The average Bonchev–Trinajstić information content (AvgIpc) is 2.74. The Kier molecular flexibility index (Phi) is 4.91. The van der Waals surface area contributed by atoms with E-state index in [1.54, 1.807) is 36.4 Å². The highest BCUT2D eigenvalue weighted by atomic mass is 16.6. The third kappa shape index (κ3) is 3.65. The van der Waals surface area contributed by atoms with Crippen molar-refractivity contribution in [2.45, 2.75) is 6.23 Å². The SMILES string of the molecule is CN(C)c1ccc([C@H]2OC(=O)c3ccccc3N2C(=O)Nc2ccccc2)cc1. The second-order valence-electron chi connectivity index (χ2n) is 6.93. The summed E-state index contributed by atoms with van der Waals surface area (Å²) < 4.78 is 5.68. The molecule has 4 rings (SSSR count). The Balaban J connectivity index is 1.74. The highest BCUT2D eigenvalue weighted by molar-refractivity contribution is 6.08. The lowest BCUT2D eigenvalue weighted by Gasteiger charge is -2.36. The van der Waals surface area contributed by atoms with Gasteiger partial charge in [0.1, 0.15) is 0 Å². The third-order valence-corrected chi connectivity index (χ3v) is 4.78. The summed E-state index contributed by atoms with van der Waals surface area (Å²) in [5, 5.41) is 2.88. The highest BCUT2D eigenvalue weighted by Gasteiger charge is 2.37. The molecule has 1 N–H and O–H groups in total. The van der Waals surface area contributed by atoms with E-state index in [2.05, 4.69) is 5.32 Å². The number of hydrogen-bond donors (Lipinski definition) is 1. The summed E-state index contributed by atoms with van der Waals surface area (Å²) in [6.07, 6.45) is -0.864. The molecular formula is C23H21N3O3. The molecular weight excluding hydrogens is 366 g/mol. The van der Waals surface area contributed by atoms with E-state index in [0.29, 0.717) is 22.5 Å². The van der Waals surface area contributed by atoms with Gasteiger partial charge in [-0.15, -0.1) is 0 Å². The number of para-hydroxylation sites is 2. The minimum Gasteiger partial charge on any atom is -0.433 e. The Hall–Kier alpha value is -3.80. The predicted octanol–water partition coefficient (Wildman–Crippen LogP) is 4.66. The molecule has 0 saturated heterocycles. The van der Waals surface area contributed by atoms with Crippen LogP contribution in [0.4, 0.5) is 21.9 Å². The Morgan fingerprint density at radius 3 is 2.28 bits per heavy atom. The second-order valence-corrected chi connectivity index (χ2v) is 6.93. The molecule has 1 atom stereocenters. The summed E-state index contributed by atoms with van der Waals surface area (Å²) >= 11 is 0. The lowest BCUT2D eigenvalue weighted by Crippen LogP contribution is -2.44. The standard InChI is InChI=1S/C23H21N3O3/c1-25(2)18-14-12-16(13-15-18)21-26(23(28)24-17-8-4-3-5-9-17)20-11-7-6-10-19(20)22(27)29-21/h3-15,21H,1-2H3,(H,24,28)/t21-/m1/s1. The number of benzene rings is 3. The molecule has 3 aromatic carbocycles. The lowest BCUT2D eigenvalue weighted by atomic mass is 10.1. The minimum absolute atomic E-state index is 0.358. The highest BCUT2D eigenvalue weighted by Crippen LogP contribution is 2.37. The number of cyclic esters (lactones) is 1. The summed E-state index contributed by atoms with van der Waals surface area (Å²) in [6, 6.07) is 23.3. The zero-order valence-corrected chi connectivity index (χ0v) is 16.2. The summed E-state index contributed by atoms with van der Waals surface area (Å²) in [4.78, 5) is 29.3. The fraction of sp³-hybridized carbons (Fsp3) is 0.130. The van der Waals surface area contributed by atoms with Crippen molar-refractivity contribution >= 4 is 29.1 Å². The van der Waals surface area contributed by atoms with Crippen LogP contribution in [0, 0.1) is 0 Å². The molecule has 6 nitrogen and oxygen atoms in total. The van der Waals surface area contributed by atoms with Gasteiger partial charge < -0.3 is 15.0 Å². The van der Waals surface area contributed by atoms with Crippen LogP contribution in [0.25, 0.3) is 0 Å². The minimum atomic E-state index is -0.864. The number of urea groups is 1. The van der Waals surface area contributed by atoms with E-state index in [-0.39, 0.29) is 6.03 Å². The zero-order chi connectivity index (χ0) is 20.4. The van der Waals surface area contributed by atoms with Crippen molar-refractivity contribution in [1.82, 2.24) is 0 Å². The van der Waals surface area contributed by atoms with Crippen LogP contribution in [-0.4, -0.2) is 26.1 Å². The monoisotopic (exact) mass is 387 g/mol. The molecule has 2 amide bonds. The van der Waals surface area contributed by atoms with E-state index in [4.69, 9.17) is 4.74 Å². The first-order valence-electron chi connectivity index (χ1n) is 9.27. The quantitative estimate of drug-likeness (QED) is 0.664. The smallest absolute Gasteiger partial charge is 0.342 e. The lowest BCUT2D eigenvalue weighted by molar-refractivity contribution is 0.0274. The number of amides is 2. The van der Waals surface area contributed by atoms with Gasteiger partial charge in [0.2, 0.25) is 6.23 Å².